The average Bonchev–Trinajstić information content (AvgIpc) is 2.26. The Morgan fingerprint density at radius 1 is 1.43 bits per heavy atom. The van der Waals surface area contributed by atoms with Gasteiger partial charge in [-0.25, -0.2) is 0 Å². The van der Waals surface area contributed by atoms with Crippen molar-refractivity contribution in [3.05, 3.63) is 35.4 Å². The predicted octanol–water partition coefficient (Wildman–Crippen LogP) is 1.29. The third-order valence-corrected chi connectivity index (χ3v) is 2.46. The van der Waals surface area contributed by atoms with Gasteiger partial charge in [-0.3, -0.25) is 4.57 Å². The van der Waals surface area contributed by atoms with E-state index in [1.54, 1.807) is 0 Å². The highest BCUT2D eigenvalue weighted by molar-refractivity contribution is 7.25. The molecule has 0 amide bonds. The molecule has 0 saturated heterocycles. The lowest BCUT2D eigenvalue weighted by molar-refractivity contribution is 0.319. The van der Waals surface area contributed by atoms with Gasteiger partial charge in [-0.1, -0.05) is 41.3 Å². The summed E-state index contributed by atoms with van der Waals surface area (Å²) >= 11 is 0. The molecular formula is C9H11BNO2P. The molecule has 5 heteroatoms. The van der Waals surface area contributed by atoms with Gasteiger partial charge in [0.1, 0.15) is 7.85 Å². The quantitative estimate of drug-likeness (QED) is 0.266. The third kappa shape index (κ3) is 2.67. The van der Waals surface area contributed by atoms with Crippen molar-refractivity contribution in [2.75, 3.05) is 6.16 Å². The first-order valence-corrected chi connectivity index (χ1v) is 5.41. The Kier molecular flexibility index (Phi) is 4.34. The van der Waals surface area contributed by atoms with E-state index in [-0.39, 0.29) is 14.6 Å². The first kappa shape index (κ1) is 10.9. The Balaban J connectivity index is 2.89. The summed E-state index contributed by atoms with van der Waals surface area (Å²) in [5.74, 6) is 0. The molecule has 0 atom stereocenters. The molecule has 0 heterocycles. The van der Waals surface area contributed by atoms with Crippen LogP contribution in [0.4, 0.5) is 0 Å². The van der Waals surface area contributed by atoms with Crippen molar-refractivity contribution in [1.82, 2.24) is 0 Å². The molecule has 0 bridgehead atoms. The minimum atomic E-state index is -0.0373. The van der Waals surface area contributed by atoms with Gasteiger partial charge in [-0.05, 0) is 0 Å². The largest absolute Gasteiger partial charge is 0.411 e. The lowest BCUT2D eigenvalue weighted by atomic mass is 9.96. The monoisotopic (exact) mass is 207 g/mol. The Bertz CT molecular complexity index is 337. The zero-order valence-electron chi connectivity index (χ0n) is 7.97. The maximum absolute atomic E-state index is 10.4. The molecule has 0 unspecified atom stereocenters. The molecule has 14 heavy (non-hydrogen) atoms. The first-order valence-electron chi connectivity index (χ1n) is 4.41. The van der Waals surface area contributed by atoms with Gasteiger partial charge in [0.05, 0.1) is 11.9 Å². The van der Waals surface area contributed by atoms with Crippen LogP contribution < -0.4 is 0 Å². The van der Waals surface area contributed by atoms with Crippen LogP contribution in [0.1, 0.15) is 11.1 Å². The SMILES string of the molecule is BCc1ccc(/C(CP=O)=N/O)cc1. The van der Waals surface area contributed by atoms with Crippen LogP contribution in [0.5, 0.6) is 0 Å². The van der Waals surface area contributed by atoms with Crippen LogP contribution in [0.25, 0.3) is 0 Å². The lowest BCUT2D eigenvalue weighted by Gasteiger charge is -2.01. The molecule has 0 aliphatic heterocycles. The molecule has 1 aromatic carbocycles. The Labute approximate surface area is 85.4 Å². The van der Waals surface area contributed by atoms with E-state index in [9.17, 15) is 4.57 Å². The van der Waals surface area contributed by atoms with E-state index in [0.29, 0.717) is 5.71 Å². The van der Waals surface area contributed by atoms with Crippen LogP contribution in [0.3, 0.4) is 0 Å². The number of benzene rings is 1. The van der Waals surface area contributed by atoms with Gasteiger partial charge in [-0.15, -0.1) is 0 Å². The van der Waals surface area contributed by atoms with Gasteiger partial charge in [0.2, 0.25) is 0 Å². The van der Waals surface area contributed by atoms with Gasteiger partial charge in [0.15, 0.2) is 8.46 Å². The summed E-state index contributed by atoms with van der Waals surface area (Å²) < 4.78 is 10.4. The van der Waals surface area contributed by atoms with Crippen molar-refractivity contribution in [1.29, 1.82) is 0 Å². The van der Waals surface area contributed by atoms with Crippen LogP contribution in [0.15, 0.2) is 29.4 Å². The summed E-state index contributed by atoms with van der Waals surface area (Å²) in [6.45, 7) is 0. The van der Waals surface area contributed by atoms with E-state index in [4.69, 9.17) is 5.21 Å². The first-order chi connectivity index (χ1) is 6.81. The molecule has 0 aliphatic carbocycles. The molecule has 0 radical (unpaired) electrons. The Hall–Kier alpha value is -1.15. The maximum Gasteiger partial charge on any atom is 0.161 e. The molecule has 3 nitrogen and oxygen atoms in total. The van der Waals surface area contributed by atoms with E-state index in [2.05, 4.69) is 13.0 Å². The van der Waals surface area contributed by atoms with Crippen molar-refractivity contribution in [2.24, 2.45) is 5.16 Å². The second kappa shape index (κ2) is 5.56. The van der Waals surface area contributed by atoms with Crippen LogP contribution in [0, 0.1) is 0 Å². The molecule has 1 aromatic rings. The normalized spacial score (nSPS) is 11.9. The smallest absolute Gasteiger partial charge is 0.161 e. The molecule has 0 saturated carbocycles. The zero-order chi connectivity index (χ0) is 10.4. The van der Waals surface area contributed by atoms with Gasteiger partial charge < -0.3 is 5.21 Å². The number of hydrogen-bond acceptors (Lipinski definition) is 3. The van der Waals surface area contributed by atoms with Gasteiger partial charge in [-0.2, -0.15) is 0 Å². The standard InChI is InChI=1S/C9H11BNO2P/c10-5-7-1-3-8(4-2-7)9(11-12)6-14-13/h1-4,12H,5-6,10H2/b11-9+. The summed E-state index contributed by atoms with van der Waals surface area (Å²) in [5, 5.41) is 11.8. The highest BCUT2D eigenvalue weighted by Gasteiger charge is 2.03. The molecule has 0 spiro atoms. The molecule has 1 rings (SSSR count). The van der Waals surface area contributed by atoms with Crippen molar-refractivity contribution >= 4 is 22.0 Å². The maximum atomic E-state index is 10.4. The van der Waals surface area contributed by atoms with E-state index >= 15 is 0 Å². The number of rotatable bonds is 4. The number of nitrogens with zero attached hydrogens (tertiary/aromatic N) is 1. The molecular weight excluding hydrogens is 196 g/mol. The van der Waals surface area contributed by atoms with E-state index < -0.39 is 0 Å². The second-order valence-corrected chi connectivity index (χ2v) is 3.46. The van der Waals surface area contributed by atoms with Gasteiger partial charge >= 0.3 is 0 Å². The summed E-state index contributed by atoms with van der Waals surface area (Å²) in [7, 11) is 2.04. The average molecular weight is 207 g/mol. The van der Waals surface area contributed by atoms with E-state index in [0.717, 1.165) is 11.9 Å². The highest BCUT2D eigenvalue weighted by atomic mass is 31.1. The topological polar surface area (TPSA) is 49.7 Å². The zero-order valence-corrected chi connectivity index (χ0v) is 8.87. The summed E-state index contributed by atoms with van der Waals surface area (Å²) in [5.41, 5.74) is 2.49. The van der Waals surface area contributed by atoms with Crippen LogP contribution in [-0.2, 0) is 10.9 Å². The van der Waals surface area contributed by atoms with Crippen LogP contribution >= 0.6 is 8.46 Å². The van der Waals surface area contributed by atoms with Crippen molar-refractivity contribution in [2.45, 2.75) is 6.32 Å². The molecule has 0 aliphatic rings. The van der Waals surface area contributed by atoms with Crippen LogP contribution in [-0.4, -0.2) is 24.9 Å². The van der Waals surface area contributed by atoms with Crippen molar-refractivity contribution in [3.8, 4) is 0 Å². The molecule has 0 fully saturated rings. The summed E-state index contributed by atoms with van der Waals surface area (Å²) in [4.78, 5) is 0. The van der Waals surface area contributed by atoms with E-state index in [1.807, 2.05) is 24.3 Å². The van der Waals surface area contributed by atoms with Crippen molar-refractivity contribution in [3.63, 3.8) is 0 Å². The fraction of sp³-hybridized carbons (Fsp3) is 0.222. The van der Waals surface area contributed by atoms with Crippen molar-refractivity contribution < 1.29 is 9.77 Å². The number of hydrogen-bond donors (Lipinski definition) is 1. The third-order valence-electron chi connectivity index (χ3n) is 2.03. The minimum Gasteiger partial charge on any atom is -0.411 e. The minimum absolute atomic E-state index is 0.0373. The van der Waals surface area contributed by atoms with Gasteiger partial charge in [0.25, 0.3) is 0 Å². The fourth-order valence-electron chi connectivity index (χ4n) is 1.17. The summed E-state index contributed by atoms with van der Waals surface area (Å²) in [6.07, 6.45) is 1.22. The van der Waals surface area contributed by atoms with Crippen LogP contribution in [0.2, 0.25) is 0 Å². The predicted molar refractivity (Wildman–Crippen MR) is 59.5 cm³/mol. The Morgan fingerprint density at radius 2 is 2.07 bits per heavy atom. The second-order valence-electron chi connectivity index (χ2n) is 2.88. The molecule has 0 aromatic heterocycles. The van der Waals surface area contributed by atoms with Gasteiger partial charge in [0, 0.05) is 5.56 Å². The fourth-order valence-corrected chi connectivity index (χ4v) is 1.54. The summed E-state index contributed by atoms with van der Waals surface area (Å²) in [6, 6.07) is 7.70. The van der Waals surface area contributed by atoms with E-state index in [1.165, 1.54) is 5.56 Å². The highest BCUT2D eigenvalue weighted by Crippen LogP contribution is 2.08. The molecule has 1 N–H and O–H groups in total. The number of oxime groups is 1. The lowest BCUT2D eigenvalue weighted by Crippen LogP contribution is -2.02. The Morgan fingerprint density at radius 3 is 2.50 bits per heavy atom. The molecule has 72 valence electrons.